The molecular formula is C12H15Br2NO4S2. The van der Waals surface area contributed by atoms with Crippen LogP contribution in [0, 0.1) is 12.8 Å². The molecule has 0 amide bonds. The van der Waals surface area contributed by atoms with Crippen molar-refractivity contribution in [2.24, 2.45) is 5.92 Å². The predicted molar refractivity (Wildman–Crippen MR) is 88.5 cm³/mol. The van der Waals surface area contributed by atoms with E-state index in [9.17, 15) is 16.8 Å². The predicted octanol–water partition coefficient (Wildman–Crippen LogP) is 2.23. The molecule has 5 nitrogen and oxygen atoms in total. The van der Waals surface area contributed by atoms with Crippen LogP contribution in [0.4, 0.5) is 0 Å². The smallest absolute Gasteiger partial charge is 0.229 e. The third-order valence-corrected chi connectivity index (χ3v) is 8.46. The van der Waals surface area contributed by atoms with Crippen LogP contribution >= 0.6 is 31.9 Å². The van der Waals surface area contributed by atoms with Crippen LogP contribution in [0.2, 0.25) is 0 Å². The Morgan fingerprint density at radius 1 is 1.29 bits per heavy atom. The van der Waals surface area contributed by atoms with Crippen molar-refractivity contribution in [1.82, 2.24) is 4.72 Å². The SMILES string of the molecule is Cc1cc(Br)c(S(=O)(=O)NCC2CCS(=O)(=O)C2)cc1Br. The Balaban J connectivity index is 2.14. The summed E-state index contributed by atoms with van der Waals surface area (Å²) >= 11 is 6.57. The molecule has 1 heterocycles. The van der Waals surface area contributed by atoms with Gasteiger partial charge in [0.15, 0.2) is 9.84 Å². The number of hydrogen-bond donors (Lipinski definition) is 1. The Morgan fingerprint density at radius 3 is 2.52 bits per heavy atom. The van der Waals surface area contributed by atoms with Gasteiger partial charge in [0.1, 0.15) is 0 Å². The molecule has 0 saturated carbocycles. The van der Waals surface area contributed by atoms with Gasteiger partial charge in [0.25, 0.3) is 0 Å². The Hall–Kier alpha value is 0.0400. The first-order chi connectivity index (χ1) is 9.61. The average molecular weight is 461 g/mol. The third kappa shape index (κ3) is 4.28. The van der Waals surface area contributed by atoms with Crippen LogP contribution in [0.1, 0.15) is 12.0 Å². The van der Waals surface area contributed by atoms with E-state index in [0.29, 0.717) is 15.4 Å². The molecule has 1 aromatic rings. The molecule has 0 spiro atoms. The minimum absolute atomic E-state index is 0.0499. The molecule has 1 aliphatic rings. The van der Waals surface area contributed by atoms with Crippen LogP contribution in [0.3, 0.4) is 0 Å². The molecule has 118 valence electrons. The minimum Gasteiger partial charge on any atom is -0.229 e. The van der Waals surface area contributed by atoms with Crippen molar-refractivity contribution in [2.45, 2.75) is 18.2 Å². The molecule has 0 radical (unpaired) electrons. The van der Waals surface area contributed by atoms with E-state index >= 15 is 0 Å². The van der Waals surface area contributed by atoms with Crippen LogP contribution in [0.15, 0.2) is 26.0 Å². The van der Waals surface area contributed by atoms with Crippen molar-refractivity contribution in [1.29, 1.82) is 0 Å². The van der Waals surface area contributed by atoms with Gasteiger partial charge in [-0.25, -0.2) is 21.6 Å². The monoisotopic (exact) mass is 459 g/mol. The first kappa shape index (κ1) is 17.4. The van der Waals surface area contributed by atoms with Gasteiger partial charge in [0, 0.05) is 15.5 Å². The summed E-state index contributed by atoms with van der Waals surface area (Å²) in [6.45, 7) is 2.00. The highest BCUT2D eigenvalue weighted by Gasteiger charge is 2.29. The largest absolute Gasteiger partial charge is 0.241 e. The molecule has 0 aliphatic carbocycles. The van der Waals surface area contributed by atoms with Gasteiger partial charge in [-0.15, -0.1) is 0 Å². The van der Waals surface area contributed by atoms with Crippen LogP contribution in [0.5, 0.6) is 0 Å². The standard InChI is InChI=1S/C12H15Br2NO4S2/c1-8-4-11(14)12(5-10(8)13)21(18,19)15-6-9-2-3-20(16,17)7-9/h4-5,9,15H,2-3,6-7H2,1H3. The van der Waals surface area contributed by atoms with Gasteiger partial charge in [0.2, 0.25) is 10.0 Å². The maximum Gasteiger partial charge on any atom is 0.241 e. The Labute approximate surface area is 141 Å². The fraction of sp³-hybridized carbons (Fsp3) is 0.500. The molecule has 1 aromatic carbocycles. The number of sulfonamides is 1. The lowest BCUT2D eigenvalue weighted by Gasteiger charge is -2.12. The summed E-state index contributed by atoms with van der Waals surface area (Å²) in [4.78, 5) is 0.140. The summed E-state index contributed by atoms with van der Waals surface area (Å²) in [5, 5.41) is 0. The highest BCUT2D eigenvalue weighted by atomic mass is 79.9. The van der Waals surface area contributed by atoms with Gasteiger partial charge in [-0.05, 0) is 52.9 Å². The van der Waals surface area contributed by atoms with Gasteiger partial charge < -0.3 is 0 Å². The highest BCUT2D eigenvalue weighted by Crippen LogP contribution is 2.29. The highest BCUT2D eigenvalue weighted by molar-refractivity contribution is 9.11. The molecule has 1 atom stereocenters. The maximum absolute atomic E-state index is 12.3. The molecule has 0 aromatic heterocycles. The topological polar surface area (TPSA) is 80.3 Å². The molecule has 9 heteroatoms. The number of sulfone groups is 1. The van der Waals surface area contributed by atoms with Gasteiger partial charge in [0.05, 0.1) is 16.4 Å². The molecule has 1 saturated heterocycles. The number of hydrogen-bond acceptors (Lipinski definition) is 4. The van der Waals surface area contributed by atoms with Crippen LogP contribution in [0.25, 0.3) is 0 Å². The van der Waals surface area contributed by atoms with Crippen molar-refractivity contribution >= 4 is 51.7 Å². The van der Waals surface area contributed by atoms with E-state index in [-0.39, 0.29) is 28.9 Å². The summed E-state index contributed by atoms with van der Waals surface area (Å²) < 4.78 is 51.1. The Morgan fingerprint density at radius 2 is 1.95 bits per heavy atom. The van der Waals surface area contributed by atoms with Crippen LogP contribution in [-0.4, -0.2) is 34.9 Å². The molecule has 21 heavy (non-hydrogen) atoms. The van der Waals surface area contributed by atoms with Gasteiger partial charge in [-0.3, -0.25) is 0 Å². The summed E-state index contributed by atoms with van der Waals surface area (Å²) in [5.74, 6) is 0.0328. The average Bonchev–Trinajstić information content (AvgIpc) is 2.71. The van der Waals surface area contributed by atoms with E-state index in [1.54, 1.807) is 6.07 Å². The summed E-state index contributed by atoms with van der Waals surface area (Å²) in [7, 11) is -6.68. The molecule has 1 fully saturated rings. The lowest BCUT2D eigenvalue weighted by molar-refractivity contribution is 0.543. The van der Waals surface area contributed by atoms with Crippen molar-refractivity contribution in [3.63, 3.8) is 0 Å². The zero-order valence-corrected chi connectivity index (χ0v) is 16.1. The zero-order valence-electron chi connectivity index (χ0n) is 11.3. The molecule has 0 bridgehead atoms. The van der Waals surface area contributed by atoms with E-state index in [1.807, 2.05) is 6.92 Å². The van der Waals surface area contributed by atoms with E-state index in [1.165, 1.54) is 6.07 Å². The van der Waals surface area contributed by atoms with E-state index in [2.05, 4.69) is 36.6 Å². The fourth-order valence-electron chi connectivity index (χ4n) is 2.17. The van der Waals surface area contributed by atoms with E-state index < -0.39 is 19.9 Å². The second-order valence-corrected chi connectivity index (χ2v) is 10.8. The summed E-state index contributed by atoms with van der Waals surface area (Å²) in [5.41, 5.74) is 0.919. The van der Waals surface area contributed by atoms with E-state index in [4.69, 9.17) is 0 Å². The summed E-state index contributed by atoms with van der Waals surface area (Å²) in [6.07, 6.45) is 0.504. The van der Waals surface area contributed by atoms with Gasteiger partial charge in [-0.1, -0.05) is 15.9 Å². The van der Waals surface area contributed by atoms with Crippen LogP contribution in [-0.2, 0) is 19.9 Å². The van der Waals surface area contributed by atoms with Crippen molar-refractivity contribution < 1.29 is 16.8 Å². The Kier molecular flexibility index (Phi) is 5.19. The molecule has 1 aliphatic heterocycles. The lowest BCUT2D eigenvalue weighted by atomic mass is 10.1. The quantitative estimate of drug-likeness (QED) is 0.746. The number of rotatable bonds is 4. The second kappa shape index (κ2) is 6.27. The minimum atomic E-state index is -3.68. The van der Waals surface area contributed by atoms with Crippen molar-refractivity contribution in [3.8, 4) is 0 Å². The van der Waals surface area contributed by atoms with Gasteiger partial charge in [-0.2, -0.15) is 0 Å². The molecule has 1 N–H and O–H groups in total. The number of benzene rings is 1. The Bertz CT molecular complexity index is 760. The zero-order chi connectivity index (χ0) is 15.8. The first-order valence-electron chi connectivity index (χ1n) is 6.26. The molecule has 2 rings (SSSR count). The second-order valence-electron chi connectivity index (χ2n) is 5.15. The van der Waals surface area contributed by atoms with Crippen LogP contribution < -0.4 is 4.72 Å². The first-order valence-corrected chi connectivity index (χ1v) is 11.2. The normalized spacial score (nSPS) is 21.6. The lowest BCUT2D eigenvalue weighted by Crippen LogP contribution is -2.30. The number of aryl methyl sites for hydroxylation is 1. The van der Waals surface area contributed by atoms with Crippen molar-refractivity contribution in [2.75, 3.05) is 18.1 Å². The van der Waals surface area contributed by atoms with E-state index in [0.717, 1.165) is 5.56 Å². The molecular weight excluding hydrogens is 446 g/mol. The third-order valence-electron chi connectivity index (χ3n) is 3.39. The molecule has 1 unspecified atom stereocenters. The number of halogens is 2. The van der Waals surface area contributed by atoms with Gasteiger partial charge >= 0.3 is 0 Å². The maximum atomic E-state index is 12.3. The fourth-order valence-corrected chi connectivity index (χ4v) is 6.83. The number of nitrogens with one attached hydrogen (secondary N) is 1. The summed E-state index contributed by atoms with van der Waals surface area (Å²) in [6, 6.07) is 3.26. The van der Waals surface area contributed by atoms with Crippen molar-refractivity contribution in [3.05, 3.63) is 26.6 Å².